The van der Waals surface area contributed by atoms with Crippen LogP contribution >= 0.6 is 0 Å². The maximum atomic E-state index is 12.1. The largest absolute Gasteiger partial charge is 0.376 e. The highest BCUT2D eigenvalue weighted by molar-refractivity contribution is 5.80. The zero-order chi connectivity index (χ0) is 16.8. The zero-order valence-electron chi connectivity index (χ0n) is 13.9. The van der Waals surface area contributed by atoms with Crippen molar-refractivity contribution in [1.82, 2.24) is 14.9 Å². The standard InChI is InChI=1S/C18H23N3O3/c1-14(24-12-17-6-3-9-23-17)18(22)20-11-15-4-2-5-16(10-15)21-8-7-19-13-21/h2,4-5,7-8,10,13-14,17H,3,6,9,11-12H2,1H3,(H,20,22)/t14-,17+/m0/s1. The molecule has 1 amide bonds. The number of carbonyl (C=O) groups is 1. The number of nitrogens with one attached hydrogen (secondary N) is 1. The van der Waals surface area contributed by atoms with E-state index in [0.29, 0.717) is 13.2 Å². The molecule has 1 fully saturated rings. The first-order valence-corrected chi connectivity index (χ1v) is 8.30. The second-order valence-corrected chi connectivity index (χ2v) is 5.97. The molecule has 2 aromatic rings. The molecule has 0 radical (unpaired) electrons. The van der Waals surface area contributed by atoms with Crippen molar-refractivity contribution in [3.8, 4) is 5.69 Å². The Bertz CT molecular complexity index is 651. The van der Waals surface area contributed by atoms with Crippen LogP contribution in [0.15, 0.2) is 43.0 Å². The van der Waals surface area contributed by atoms with E-state index in [9.17, 15) is 4.79 Å². The lowest BCUT2D eigenvalue weighted by molar-refractivity contribution is -0.133. The average Bonchev–Trinajstić information content (AvgIpc) is 3.31. The molecule has 0 spiro atoms. The number of aromatic nitrogens is 2. The van der Waals surface area contributed by atoms with Crippen molar-refractivity contribution in [3.63, 3.8) is 0 Å². The summed E-state index contributed by atoms with van der Waals surface area (Å²) in [5.74, 6) is -0.110. The summed E-state index contributed by atoms with van der Waals surface area (Å²) >= 11 is 0. The van der Waals surface area contributed by atoms with Crippen LogP contribution in [0.25, 0.3) is 5.69 Å². The summed E-state index contributed by atoms with van der Waals surface area (Å²) in [5.41, 5.74) is 2.04. The second-order valence-electron chi connectivity index (χ2n) is 5.97. The van der Waals surface area contributed by atoms with Crippen LogP contribution in [0.4, 0.5) is 0 Å². The van der Waals surface area contributed by atoms with Crippen LogP contribution < -0.4 is 5.32 Å². The van der Waals surface area contributed by atoms with E-state index in [1.54, 1.807) is 19.4 Å². The number of hydrogen-bond acceptors (Lipinski definition) is 4. The molecule has 1 aliphatic heterocycles. The van der Waals surface area contributed by atoms with Crippen molar-refractivity contribution in [2.24, 2.45) is 0 Å². The number of benzene rings is 1. The highest BCUT2D eigenvalue weighted by Gasteiger charge is 2.19. The van der Waals surface area contributed by atoms with Crippen LogP contribution in [0, 0.1) is 0 Å². The summed E-state index contributed by atoms with van der Waals surface area (Å²) in [6.07, 6.45) is 7.11. The Morgan fingerprint density at radius 1 is 1.54 bits per heavy atom. The number of amides is 1. The summed E-state index contributed by atoms with van der Waals surface area (Å²) in [7, 11) is 0. The molecule has 3 rings (SSSR count). The van der Waals surface area contributed by atoms with Gasteiger partial charge >= 0.3 is 0 Å². The van der Waals surface area contributed by atoms with Crippen LogP contribution in [0.5, 0.6) is 0 Å². The number of carbonyl (C=O) groups excluding carboxylic acids is 1. The predicted molar refractivity (Wildman–Crippen MR) is 89.8 cm³/mol. The van der Waals surface area contributed by atoms with Gasteiger partial charge in [-0.15, -0.1) is 0 Å². The van der Waals surface area contributed by atoms with E-state index >= 15 is 0 Å². The van der Waals surface area contributed by atoms with Crippen LogP contribution in [-0.4, -0.2) is 40.9 Å². The predicted octanol–water partition coefficient (Wildman–Crippen LogP) is 2.07. The molecule has 2 atom stereocenters. The fraction of sp³-hybridized carbons (Fsp3) is 0.444. The lowest BCUT2D eigenvalue weighted by atomic mass is 10.2. The molecule has 1 aromatic carbocycles. The fourth-order valence-electron chi connectivity index (χ4n) is 2.67. The molecule has 0 unspecified atom stereocenters. The minimum atomic E-state index is -0.481. The first kappa shape index (κ1) is 16.7. The zero-order valence-corrected chi connectivity index (χ0v) is 13.9. The van der Waals surface area contributed by atoms with Gasteiger partial charge in [-0.05, 0) is 37.5 Å². The van der Waals surface area contributed by atoms with E-state index in [-0.39, 0.29) is 12.0 Å². The first-order valence-electron chi connectivity index (χ1n) is 8.30. The van der Waals surface area contributed by atoms with Gasteiger partial charge in [-0.1, -0.05) is 12.1 Å². The summed E-state index contributed by atoms with van der Waals surface area (Å²) in [6.45, 7) is 3.51. The quantitative estimate of drug-likeness (QED) is 0.844. The molecule has 128 valence electrons. The van der Waals surface area contributed by atoms with E-state index in [0.717, 1.165) is 30.7 Å². The second kappa shape index (κ2) is 8.08. The molecule has 1 saturated heterocycles. The summed E-state index contributed by atoms with van der Waals surface area (Å²) in [6, 6.07) is 7.98. The molecule has 0 aliphatic carbocycles. The third kappa shape index (κ3) is 4.43. The first-order chi connectivity index (χ1) is 11.7. The Kier molecular flexibility index (Phi) is 5.61. The van der Waals surface area contributed by atoms with E-state index in [2.05, 4.69) is 10.3 Å². The van der Waals surface area contributed by atoms with Gasteiger partial charge in [0.25, 0.3) is 0 Å². The number of hydrogen-bond donors (Lipinski definition) is 1. The van der Waals surface area contributed by atoms with Crippen molar-refractivity contribution in [1.29, 1.82) is 0 Å². The van der Waals surface area contributed by atoms with Crippen LogP contribution in [0.1, 0.15) is 25.3 Å². The van der Waals surface area contributed by atoms with Gasteiger partial charge in [0.05, 0.1) is 19.0 Å². The van der Waals surface area contributed by atoms with Crippen molar-refractivity contribution >= 4 is 5.91 Å². The Labute approximate surface area is 141 Å². The highest BCUT2D eigenvalue weighted by atomic mass is 16.5. The van der Waals surface area contributed by atoms with Gasteiger partial charge in [-0.2, -0.15) is 0 Å². The minimum absolute atomic E-state index is 0.110. The number of nitrogens with zero attached hydrogens (tertiary/aromatic N) is 2. The monoisotopic (exact) mass is 329 g/mol. The average molecular weight is 329 g/mol. The van der Waals surface area contributed by atoms with Crippen molar-refractivity contribution in [3.05, 3.63) is 48.5 Å². The minimum Gasteiger partial charge on any atom is -0.376 e. The lowest BCUT2D eigenvalue weighted by Gasteiger charge is -2.16. The van der Waals surface area contributed by atoms with Crippen LogP contribution in [0.2, 0.25) is 0 Å². The van der Waals surface area contributed by atoms with Gasteiger partial charge in [0.2, 0.25) is 5.91 Å². The smallest absolute Gasteiger partial charge is 0.249 e. The Morgan fingerprint density at radius 2 is 2.46 bits per heavy atom. The van der Waals surface area contributed by atoms with Gasteiger partial charge < -0.3 is 19.4 Å². The highest BCUT2D eigenvalue weighted by Crippen LogP contribution is 2.13. The van der Waals surface area contributed by atoms with Crippen LogP contribution in [-0.2, 0) is 20.8 Å². The molecular formula is C18H23N3O3. The maximum absolute atomic E-state index is 12.1. The molecule has 1 N–H and O–H groups in total. The van der Waals surface area contributed by atoms with Gasteiger partial charge in [-0.3, -0.25) is 4.79 Å². The Hall–Kier alpha value is -2.18. The molecule has 0 saturated carbocycles. The van der Waals surface area contributed by atoms with Gasteiger partial charge in [-0.25, -0.2) is 4.98 Å². The van der Waals surface area contributed by atoms with E-state index in [1.807, 2.05) is 35.0 Å². The van der Waals surface area contributed by atoms with Gasteiger partial charge in [0.1, 0.15) is 6.10 Å². The molecule has 6 heteroatoms. The third-order valence-electron chi connectivity index (χ3n) is 4.11. The Balaban J connectivity index is 1.47. The molecular weight excluding hydrogens is 306 g/mol. The number of imidazole rings is 1. The molecule has 1 aromatic heterocycles. The molecule has 2 heterocycles. The summed E-state index contributed by atoms with van der Waals surface area (Å²) in [4.78, 5) is 16.2. The molecule has 24 heavy (non-hydrogen) atoms. The SMILES string of the molecule is C[C@H](OC[C@H]1CCCO1)C(=O)NCc1cccc(-n2ccnc2)c1. The summed E-state index contributed by atoms with van der Waals surface area (Å²) in [5, 5.41) is 2.92. The fourth-order valence-corrected chi connectivity index (χ4v) is 2.67. The van der Waals surface area contributed by atoms with Crippen molar-refractivity contribution < 1.29 is 14.3 Å². The Morgan fingerprint density at radius 3 is 3.21 bits per heavy atom. The van der Waals surface area contributed by atoms with Gasteiger partial charge in [0, 0.05) is 31.2 Å². The van der Waals surface area contributed by atoms with Crippen molar-refractivity contribution in [2.45, 2.75) is 38.5 Å². The van der Waals surface area contributed by atoms with Crippen LogP contribution in [0.3, 0.4) is 0 Å². The topological polar surface area (TPSA) is 65.4 Å². The molecule has 6 nitrogen and oxygen atoms in total. The van der Waals surface area contributed by atoms with E-state index in [1.165, 1.54) is 0 Å². The molecule has 1 aliphatic rings. The molecule has 0 bridgehead atoms. The number of ether oxygens (including phenoxy) is 2. The van der Waals surface area contributed by atoms with Crippen molar-refractivity contribution in [2.75, 3.05) is 13.2 Å². The van der Waals surface area contributed by atoms with Gasteiger partial charge in [0.15, 0.2) is 0 Å². The maximum Gasteiger partial charge on any atom is 0.249 e. The van der Waals surface area contributed by atoms with E-state index < -0.39 is 6.10 Å². The third-order valence-corrected chi connectivity index (χ3v) is 4.11. The summed E-state index contributed by atoms with van der Waals surface area (Å²) < 4.78 is 13.0. The van der Waals surface area contributed by atoms with E-state index in [4.69, 9.17) is 9.47 Å². The normalized spacial score (nSPS) is 18.5. The lowest BCUT2D eigenvalue weighted by Crippen LogP contribution is -2.35. The number of rotatable bonds is 7.